The Hall–Kier alpha value is -3.37. The molecule has 0 bridgehead atoms. The molecule has 0 spiro atoms. The van der Waals surface area contributed by atoms with Gasteiger partial charge in [-0.3, -0.25) is 9.48 Å². The van der Waals surface area contributed by atoms with Crippen LogP contribution in [-0.2, 0) is 12.0 Å². The summed E-state index contributed by atoms with van der Waals surface area (Å²) in [5.41, 5.74) is 7.17. The Bertz CT molecular complexity index is 1160. The highest BCUT2D eigenvalue weighted by Gasteiger charge is 2.38. The summed E-state index contributed by atoms with van der Waals surface area (Å²) in [5, 5.41) is 18.0. The molecule has 170 valence electrons. The molecule has 0 unspecified atom stereocenters. The fourth-order valence-corrected chi connectivity index (χ4v) is 4.69. The molecule has 2 aromatic carbocycles. The zero-order chi connectivity index (χ0) is 23.4. The fourth-order valence-electron chi connectivity index (χ4n) is 4.57. The molecule has 1 heterocycles. The molecule has 3 N–H and O–H groups in total. The number of nitrogens with one attached hydrogen (secondary N) is 1. The van der Waals surface area contributed by atoms with Crippen LogP contribution >= 0.6 is 11.6 Å². The van der Waals surface area contributed by atoms with Crippen molar-refractivity contribution in [2.24, 2.45) is 11.7 Å². The molecule has 1 aliphatic carbocycles. The van der Waals surface area contributed by atoms with Crippen molar-refractivity contribution in [3.63, 3.8) is 0 Å². The van der Waals surface area contributed by atoms with Crippen molar-refractivity contribution in [3.8, 4) is 6.07 Å². The van der Waals surface area contributed by atoms with Gasteiger partial charge in [0, 0.05) is 16.9 Å². The van der Waals surface area contributed by atoms with E-state index in [0.29, 0.717) is 17.4 Å². The molecule has 3 aromatic rings. The van der Waals surface area contributed by atoms with Gasteiger partial charge in [0.15, 0.2) is 5.82 Å². The van der Waals surface area contributed by atoms with E-state index in [2.05, 4.69) is 28.6 Å². The Labute approximate surface area is 197 Å². The topological polar surface area (TPSA) is 96.7 Å². The van der Waals surface area contributed by atoms with Crippen LogP contribution in [-0.4, -0.2) is 15.7 Å². The lowest BCUT2D eigenvalue weighted by atomic mass is 9.73. The molecule has 8 heteroatoms. The number of nitrogens with zero attached hydrogens (tertiary/aromatic N) is 3. The Morgan fingerprint density at radius 1 is 1.21 bits per heavy atom. The van der Waals surface area contributed by atoms with Gasteiger partial charge in [0.2, 0.25) is 0 Å². The molecule has 1 amide bonds. The van der Waals surface area contributed by atoms with E-state index in [1.54, 1.807) is 23.0 Å². The number of halogens is 2. The largest absolute Gasteiger partial charge is 0.365 e. The fraction of sp³-hybridized carbons (Fsp3) is 0.320. The van der Waals surface area contributed by atoms with E-state index < -0.39 is 11.4 Å². The first-order chi connectivity index (χ1) is 15.9. The van der Waals surface area contributed by atoms with Gasteiger partial charge in [0.1, 0.15) is 11.4 Å². The number of nitrogens with two attached hydrogens (primary N) is 1. The average molecular weight is 466 g/mol. The van der Waals surface area contributed by atoms with E-state index in [4.69, 9.17) is 17.3 Å². The predicted molar refractivity (Wildman–Crippen MR) is 126 cm³/mol. The minimum absolute atomic E-state index is 0.236. The molecule has 0 radical (unpaired) electrons. The number of nitriles is 1. The van der Waals surface area contributed by atoms with Crippen LogP contribution in [0.2, 0.25) is 5.02 Å². The summed E-state index contributed by atoms with van der Waals surface area (Å²) in [4.78, 5) is 12.1. The molecule has 0 atom stereocenters. The Morgan fingerprint density at radius 3 is 2.48 bits per heavy atom. The molecule has 33 heavy (non-hydrogen) atoms. The van der Waals surface area contributed by atoms with Crippen LogP contribution < -0.4 is 11.1 Å². The van der Waals surface area contributed by atoms with Crippen molar-refractivity contribution < 1.29 is 9.18 Å². The predicted octanol–water partition coefficient (Wildman–Crippen LogP) is 5.56. The van der Waals surface area contributed by atoms with E-state index in [1.165, 1.54) is 17.7 Å². The van der Waals surface area contributed by atoms with E-state index in [9.17, 15) is 14.4 Å². The number of amides is 1. The number of primary amides is 1. The summed E-state index contributed by atoms with van der Waals surface area (Å²) >= 11 is 5.99. The first-order valence-electron chi connectivity index (χ1n) is 10.9. The summed E-state index contributed by atoms with van der Waals surface area (Å²) in [6, 6.07) is 16.0. The summed E-state index contributed by atoms with van der Waals surface area (Å²) < 4.78 is 15.0. The van der Waals surface area contributed by atoms with Gasteiger partial charge in [-0.15, -0.1) is 0 Å². The van der Waals surface area contributed by atoms with Gasteiger partial charge >= 0.3 is 0 Å². The van der Waals surface area contributed by atoms with Gasteiger partial charge in [-0.05, 0) is 80.0 Å². The van der Waals surface area contributed by atoms with Crippen molar-refractivity contribution >= 4 is 29.0 Å². The molecular weight excluding hydrogens is 441 g/mol. The van der Waals surface area contributed by atoms with Crippen molar-refractivity contribution in [1.82, 2.24) is 9.78 Å². The second-order valence-electron chi connectivity index (χ2n) is 8.67. The third kappa shape index (κ3) is 5.18. The Kier molecular flexibility index (Phi) is 6.66. The third-order valence-electron chi connectivity index (χ3n) is 6.45. The van der Waals surface area contributed by atoms with Crippen molar-refractivity contribution in [3.05, 3.63) is 76.7 Å². The lowest BCUT2D eigenvalue weighted by Crippen LogP contribution is -2.38. The van der Waals surface area contributed by atoms with E-state index in [-0.39, 0.29) is 17.8 Å². The number of benzene rings is 2. The molecule has 0 aliphatic heterocycles. The van der Waals surface area contributed by atoms with Crippen LogP contribution in [0.15, 0.2) is 54.7 Å². The SMILES string of the molecule is N#CCC1(n2cc(C(N)=O)c(Nc3ccc(F)cc3)n2)CCC(Cc2ccc(Cl)cc2)CC1. The normalized spacial score (nSPS) is 20.2. The number of hydrogen-bond acceptors (Lipinski definition) is 4. The van der Waals surface area contributed by atoms with Crippen molar-refractivity contribution in [1.29, 1.82) is 5.26 Å². The smallest absolute Gasteiger partial charge is 0.254 e. The van der Waals surface area contributed by atoms with Crippen LogP contribution in [0, 0.1) is 23.1 Å². The quantitative estimate of drug-likeness (QED) is 0.477. The van der Waals surface area contributed by atoms with Crippen LogP contribution in [0.1, 0.15) is 48.0 Å². The van der Waals surface area contributed by atoms with Crippen LogP contribution in [0.25, 0.3) is 0 Å². The number of carbonyl (C=O) groups is 1. The van der Waals surface area contributed by atoms with Gasteiger partial charge in [-0.25, -0.2) is 4.39 Å². The average Bonchev–Trinajstić information content (AvgIpc) is 3.23. The number of hydrogen-bond donors (Lipinski definition) is 2. The highest BCUT2D eigenvalue weighted by molar-refractivity contribution is 6.30. The summed E-state index contributed by atoms with van der Waals surface area (Å²) in [7, 11) is 0. The van der Waals surface area contributed by atoms with Gasteiger partial charge in [-0.2, -0.15) is 10.4 Å². The van der Waals surface area contributed by atoms with Gasteiger partial charge in [0.05, 0.1) is 18.0 Å². The minimum atomic E-state index is -0.616. The molecule has 0 saturated heterocycles. The first kappa shape index (κ1) is 22.8. The van der Waals surface area contributed by atoms with Crippen LogP contribution in [0.3, 0.4) is 0 Å². The Morgan fingerprint density at radius 2 is 1.88 bits per heavy atom. The van der Waals surface area contributed by atoms with E-state index >= 15 is 0 Å². The van der Waals surface area contributed by atoms with E-state index in [1.807, 2.05) is 12.1 Å². The van der Waals surface area contributed by atoms with Crippen LogP contribution in [0.4, 0.5) is 15.9 Å². The molecular formula is C25H25ClFN5O. The molecule has 1 aromatic heterocycles. The molecule has 1 aliphatic rings. The second-order valence-corrected chi connectivity index (χ2v) is 9.10. The Balaban J connectivity index is 1.55. The maximum absolute atomic E-state index is 13.2. The standard InChI is InChI=1S/C25H25ClFN5O/c26-19-3-1-17(2-4-19)15-18-9-11-25(12-10-18,13-14-28)32-16-22(23(29)33)24(31-32)30-21-7-5-20(27)6-8-21/h1-8,16,18H,9-13,15H2,(H2,29,33)(H,30,31). The number of carbonyl (C=O) groups excluding carboxylic acids is 1. The molecule has 1 fully saturated rings. The minimum Gasteiger partial charge on any atom is -0.365 e. The summed E-state index contributed by atoms with van der Waals surface area (Å²) in [6.45, 7) is 0. The molecule has 4 rings (SSSR count). The number of anilines is 2. The highest BCUT2D eigenvalue weighted by atomic mass is 35.5. The lowest BCUT2D eigenvalue weighted by Gasteiger charge is -2.39. The summed E-state index contributed by atoms with van der Waals surface area (Å²) in [5.74, 6) is -0.172. The second kappa shape index (κ2) is 9.63. The van der Waals surface area contributed by atoms with Crippen molar-refractivity contribution in [2.45, 2.75) is 44.1 Å². The molecule has 6 nitrogen and oxygen atoms in total. The van der Waals surface area contributed by atoms with Crippen molar-refractivity contribution in [2.75, 3.05) is 5.32 Å². The third-order valence-corrected chi connectivity index (χ3v) is 6.71. The van der Waals surface area contributed by atoms with Gasteiger partial charge < -0.3 is 11.1 Å². The maximum Gasteiger partial charge on any atom is 0.254 e. The number of rotatable bonds is 7. The summed E-state index contributed by atoms with van der Waals surface area (Å²) in [6.07, 6.45) is 6.31. The molecule has 1 saturated carbocycles. The van der Waals surface area contributed by atoms with Gasteiger partial charge in [0.25, 0.3) is 5.91 Å². The monoisotopic (exact) mass is 465 g/mol. The highest BCUT2D eigenvalue weighted by Crippen LogP contribution is 2.41. The van der Waals surface area contributed by atoms with Gasteiger partial charge in [-0.1, -0.05) is 23.7 Å². The first-order valence-corrected chi connectivity index (χ1v) is 11.3. The maximum atomic E-state index is 13.2. The lowest BCUT2D eigenvalue weighted by molar-refractivity contribution is 0.1000. The van der Waals surface area contributed by atoms with E-state index in [0.717, 1.165) is 37.1 Å². The zero-order valence-electron chi connectivity index (χ0n) is 18.1. The van der Waals surface area contributed by atoms with Crippen LogP contribution in [0.5, 0.6) is 0 Å². The zero-order valence-corrected chi connectivity index (χ0v) is 18.9. The number of aromatic nitrogens is 2.